The molecule has 0 spiro atoms. The zero-order chi connectivity index (χ0) is 20.6. The van der Waals surface area contributed by atoms with Crippen LogP contribution in [0.1, 0.15) is 35.4 Å². The number of aliphatic hydroxyl groups is 1. The Morgan fingerprint density at radius 2 is 1.37 bits per heavy atom. The van der Waals surface area contributed by atoms with Gasteiger partial charge in [-0.1, -0.05) is 91.0 Å². The summed E-state index contributed by atoms with van der Waals surface area (Å²) in [5, 5.41) is 17.8. The van der Waals surface area contributed by atoms with Crippen molar-refractivity contribution in [1.29, 1.82) is 0 Å². The topological polar surface area (TPSA) is 44.3 Å². The molecule has 1 fully saturated rings. The lowest BCUT2D eigenvalue weighted by atomic mass is 9.81. The molecule has 4 rings (SSSR count). The SMILES string of the molecule is O[C@@H](CN[C@H]1CC[C@@H](C(c2ccccc2)c2ccccc2)NC1)Cc1ccccc1. The van der Waals surface area contributed by atoms with E-state index in [9.17, 15) is 5.11 Å². The lowest BCUT2D eigenvalue weighted by molar-refractivity contribution is 0.162. The van der Waals surface area contributed by atoms with E-state index in [1.54, 1.807) is 0 Å². The van der Waals surface area contributed by atoms with Gasteiger partial charge in [-0.2, -0.15) is 0 Å². The molecular formula is C27H32N2O. The second kappa shape index (κ2) is 10.5. The van der Waals surface area contributed by atoms with Gasteiger partial charge in [0.2, 0.25) is 0 Å². The maximum absolute atomic E-state index is 10.4. The maximum atomic E-state index is 10.4. The third-order valence-corrected chi connectivity index (χ3v) is 6.13. The molecule has 1 saturated heterocycles. The van der Waals surface area contributed by atoms with E-state index in [-0.39, 0.29) is 6.10 Å². The Bertz CT molecular complexity index is 822. The summed E-state index contributed by atoms with van der Waals surface area (Å²) in [6.07, 6.45) is 2.57. The molecular weight excluding hydrogens is 368 g/mol. The first kappa shape index (κ1) is 20.8. The predicted octanol–water partition coefficient (Wildman–Crippen LogP) is 4.13. The van der Waals surface area contributed by atoms with Crippen LogP contribution < -0.4 is 10.6 Å². The number of piperidine rings is 1. The van der Waals surface area contributed by atoms with Gasteiger partial charge in [0.05, 0.1) is 6.10 Å². The molecule has 3 nitrogen and oxygen atoms in total. The maximum Gasteiger partial charge on any atom is 0.0704 e. The molecule has 0 aliphatic carbocycles. The molecule has 3 heteroatoms. The summed E-state index contributed by atoms with van der Waals surface area (Å²) in [5.74, 6) is 0.358. The van der Waals surface area contributed by atoms with Gasteiger partial charge in [0.25, 0.3) is 0 Å². The second-order valence-electron chi connectivity index (χ2n) is 8.34. The minimum Gasteiger partial charge on any atom is -0.391 e. The monoisotopic (exact) mass is 400 g/mol. The third-order valence-electron chi connectivity index (χ3n) is 6.13. The summed E-state index contributed by atoms with van der Waals surface area (Å²) >= 11 is 0. The zero-order valence-electron chi connectivity index (χ0n) is 17.5. The van der Waals surface area contributed by atoms with Gasteiger partial charge < -0.3 is 15.7 Å². The summed E-state index contributed by atoms with van der Waals surface area (Å²) in [5.41, 5.74) is 3.92. The first-order chi connectivity index (χ1) is 14.8. The Morgan fingerprint density at radius 1 is 0.800 bits per heavy atom. The van der Waals surface area contributed by atoms with Crippen molar-refractivity contribution in [3.63, 3.8) is 0 Å². The first-order valence-corrected chi connectivity index (χ1v) is 11.1. The summed E-state index contributed by atoms with van der Waals surface area (Å²) in [6.45, 7) is 1.56. The van der Waals surface area contributed by atoms with Crippen LogP contribution in [-0.2, 0) is 6.42 Å². The number of rotatable bonds is 8. The van der Waals surface area contributed by atoms with Crippen LogP contribution in [0.25, 0.3) is 0 Å². The van der Waals surface area contributed by atoms with Gasteiger partial charge in [0.15, 0.2) is 0 Å². The van der Waals surface area contributed by atoms with Crippen LogP contribution in [0.4, 0.5) is 0 Å². The van der Waals surface area contributed by atoms with Gasteiger partial charge in [-0.25, -0.2) is 0 Å². The number of benzene rings is 3. The molecule has 1 heterocycles. The van der Waals surface area contributed by atoms with Gasteiger partial charge in [-0.05, 0) is 36.0 Å². The molecule has 0 aromatic heterocycles. The fourth-order valence-corrected chi connectivity index (χ4v) is 4.58. The van der Waals surface area contributed by atoms with Crippen molar-refractivity contribution in [1.82, 2.24) is 10.6 Å². The molecule has 0 saturated carbocycles. The van der Waals surface area contributed by atoms with E-state index in [0.717, 1.165) is 19.4 Å². The van der Waals surface area contributed by atoms with Crippen LogP contribution in [0, 0.1) is 0 Å². The lowest BCUT2D eigenvalue weighted by Gasteiger charge is -2.36. The van der Waals surface area contributed by atoms with E-state index in [0.29, 0.717) is 31.0 Å². The highest BCUT2D eigenvalue weighted by atomic mass is 16.3. The van der Waals surface area contributed by atoms with Crippen LogP contribution >= 0.6 is 0 Å². The Balaban J connectivity index is 1.32. The summed E-state index contributed by atoms with van der Waals surface area (Å²) < 4.78 is 0. The van der Waals surface area contributed by atoms with Gasteiger partial charge in [-0.3, -0.25) is 0 Å². The average molecular weight is 401 g/mol. The van der Waals surface area contributed by atoms with Crippen molar-refractivity contribution < 1.29 is 5.11 Å². The summed E-state index contributed by atoms with van der Waals surface area (Å²) in [7, 11) is 0. The molecule has 1 aliphatic heterocycles. The minimum absolute atomic E-state index is 0.355. The minimum atomic E-state index is -0.355. The van der Waals surface area contributed by atoms with Gasteiger partial charge >= 0.3 is 0 Å². The Morgan fingerprint density at radius 3 is 1.90 bits per heavy atom. The molecule has 0 unspecified atom stereocenters. The molecule has 0 amide bonds. The quantitative estimate of drug-likeness (QED) is 0.533. The third kappa shape index (κ3) is 5.57. The molecule has 3 aromatic rings. The molecule has 0 radical (unpaired) electrons. The van der Waals surface area contributed by atoms with Crippen molar-refractivity contribution >= 4 is 0 Å². The molecule has 1 aliphatic rings. The van der Waals surface area contributed by atoms with E-state index in [1.165, 1.54) is 16.7 Å². The van der Waals surface area contributed by atoms with Crippen molar-refractivity contribution in [2.75, 3.05) is 13.1 Å². The zero-order valence-corrected chi connectivity index (χ0v) is 17.5. The molecule has 30 heavy (non-hydrogen) atoms. The van der Waals surface area contributed by atoms with Crippen molar-refractivity contribution in [2.24, 2.45) is 0 Å². The number of hydrogen-bond acceptors (Lipinski definition) is 3. The Kier molecular flexibility index (Phi) is 7.30. The van der Waals surface area contributed by atoms with Crippen molar-refractivity contribution in [3.8, 4) is 0 Å². The van der Waals surface area contributed by atoms with Crippen LogP contribution in [0.2, 0.25) is 0 Å². The summed E-state index contributed by atoms with van der Waals surface area (Å²) in [4.78, 5) is 0. The van der Waals surface area contributed by atoms with Crippen molar-refractivity contribution in [2.45, 2.75) is 43.4 Å². The van der Waals surface area contributed by atoms with E-state index >= 15 is 0 Å². The van der Waals surface area contributed by atoms with Crippen LogP contribution in [-0.4, -0.2) is 36.4 Å². The highest BCUT2D eigenvalue weighted by Gasteiger charge is 2.29. The lowest BCUT2D eigenvalue weighted by Crippen LogP contribution is -2.51. The first-order valence-electron chi connectivity index (χ1n) is 11.1. The van der Waals surface area contributed by atoms with Crippen molar-refractivity contribution in [3.05, 3.63) is 108 Å². The summed E-state index contributed by atoms with van der Waals surface area (Å²) in [6, 6.07) is 32.7. The Labute approximate surface area is 180 Å². The normalized spacial score (nSPS) is 20.2. The van der Waals surface area contributed by atoms with Gasteiger partial charge in [0, 0.05) is 31.1 Å². The fourth-order valence-electron chi connectivity index (χ4n) is 4.58. The second-order valence-corrected chi connectivity index (χ2v) is 8.34. The van der Waals surface area contributed by atoms with E-state index in [4.69, 9.17) is 0 Å². The molecule has 3 atom stereocenters. The van der Waals surface area contributed by atoms with Crippen LogP contribution in [0.3, 0.4) is 0 Å². The van der Waals surface area contributed by atoms with Crippen LogP contribution in [0.15, 0.2) is 91.0 Å². The van der Waals surface area contributed by atoms with Crippen LogP contribution in [0.5, 0.6) is 0 Å². The van der Waals surface area contributed by atoms with E-state index in [2.05, 4.69) is 83.4 Å². The average Bonchev–Trinajstić information content (AvgIpc) is 2.81. The smallest absolute Gasteiger partial charge is 0.0704 e. The highest BCUT2D eigenvalue weighted by Crippen LogP contribution is 2.31. The largest absolute Gasteiger partial charge is 0.391 e. The molecule has 156 valence electrons. The molecule has 3 N–H and O–H groups in total. The highest BCUT2D eigenvalue weighted by molar-refractivity contribution is 5.34. The fraction of sp³-hybridized carbons (Fsp3) is 0.333. The van der Waals surface area contributed by atoms with Gasteiger partial charge in [-0.15, -0.1) is 0 Å². The standard InChI is InChI=1S/C27H32N2O/c30-25(18-21-10-4-1-5-11-21)20-28-24-16-17-26(29-19-24)27(22-12-6-2-7-13-22)23-14-8-3-9-15-23/h1-15,24-30H,16-20H2/t24-,25+,26-/m0/s1. The molecule has 0 bridgehead atoms. The predicted molar refractivity (Wildman–Crippen MR) is 124 cm³/mol. The number of nitrogens with one attached hydrogen (secondary N) is 2. The Hall–Kier alpha value is -2.46. The van der Waals surface area contributed by atoms with E-state index in [1.807, 2.05) is 18.2 Å². The molecule has 3 aromatic carbocycles. The van der Waals surface area contributed by atoms with Gasteiger partial charge in [0.1, 0.15) is 0 Å². The van der Waals surface area contributed by atoms with E-state index < -0.39 is 0 Å². The number of hydrogen-bond donors (Lipinski definition) is 3. The number of aliphatic hydroxyl groups excluding tert-OH is 1.